The lowest BCUT2D eigenvalue weighted by Gasteiger charge is -2.21. The number of amides is 2. The van der Waals surface area contributed by atoms with Crippen molar-refractivity contribution < 1.29 is 14.0 Å². The quantitative estimate of drug-likeness (QED) is 0.699. The first kappa shape index (κ1) is 18.8. The maximum Gasteiger partial charge on any atom is 0.277 e. The van der Waals surface area contributed by atoms with Crippen molar-refractivity contribution in [1.82, 2.24) is 9.80 Å². The minimum Gasteiger partial charge on any atom is -0.365 e. The Morgan fingerprint density at radius 2 is 1.63 bits per heavy atom. The summed E-state index contributed by atoms with van der Waals surface area (Å²) in [6, 6.07) is 15.5. The van der Waals surface area contributed by atoms with Gasteiger partial charge in [-0.3, -0.25) is 14.5 Å². The fourth-order valence-corrected chi connectivity index (χ4v) is 3.25. The highest BCUT2D eigenvalue weighted by atomic mass is 19.1. The second-order valence-electron chi connectivity index (χ2n) is 6.69. The Morgan fingerprint density at radius 3 is 2.26 bits per heavy atom. The number of imide groups is 1. The smallest absolute Gasteiger partial charge is 0.277 e. The second-order valence-corrected chi connectivity index (χ2v) is 6.69. The zero-order chi connectivity index (χ0) is 19.4. The Bertz CT molecular complexity index is 860. The Hall–Kier alpha value is -2.95. The molecule has 0 N–H and O–H groups in total. The third-order valence-electron chi connectivity index (χ3n) is 4.66. The van der Waals surface area contributed by atoms with E-state index in [1.165, 1.54) is 17.0 Å². The topological polar surface area (TPSA) is 40.6 Å². The molecule has 2 aromatic rings. The van der Waals surface area contributed by atoms with Gasteiger partial charge in [-0.05, 0) is 29.7 Å². The number of benzene rings is 2. The van der Waals surface area contributed by atoms with E-state index >= 15 is 0 Å². The lowest BCUT2D eigenvalue weighted by molar-refractivity contribution is -0.137. The summed E-state index contributed by atoms with van der Waals surface area (Å²) in [5, 5.41) is 0. The first-order valence-corrected chi connectivity index (χ1v) is 9.14. The highest BCUT2D eigenvalue weighted by Gasteiger charge is 2.40. The fourth-order valence-electron chi connectivity index (χ4n) is 3.25. The van der Waals surface area contributed by atoms with E-state index in [0.717, 1.165) is 18.4 Å². The van der Waals surface area contributed by atoms with E-state index in [4.69, 9.17) is 0 Å². The number of rotatable bonds is 7. The first-order chi connectivity index (χ1) is 13.0. The van der Waals surface area contributed by atoms with Crippen LogP contribution >= 0.6 is 0 Å². The van der Waals surface area contributed by atoms with Gasteiger partial charge in [0, 0.05) is 20.1 Å². The van der Waals surface area contributed by atoms with Crippen molar-refractivity contribution in [3.63, 3.8) is 0 Å². The predicted octanol–water partition coefficient (Wildman–Crippen LogP) is 3.84. The first-order valence-electron chi connectivity index (χ1n) is 9.14. The van der Waals surface area contributed by atoms with Crippen molar-refractivity contribution in [2.75, 3.05) is 13.6 Å². The monoisotopic (exact) mass is 366 g/mol. The standard InChI is InChI=1S/C22H23FN2O2/c1-3-4-14-25-21(26)19(17-10-12-18(23)13-11-17)20(22(25)27)24(2)15-16-8-6-5-7-9-16/h5-13H,3-4,14-15H2,1-2H3. The van der Waals surface area contributed by atoms with Gasteiger partial charge < -0.3 is 4.90 Å². The van der Waals surface area contributed by atoms with Crippen LogP contribution in [0, 0.1) is 5.82 Å². The number of likely N-dealkylation sites (N-methyl/N-ethyl adjacent to an activating group) is 1. The Morgan fingerprint density at radius 1 is 0.963 bits per heavy atom. The summed E-state index contributed by atoms with van der Waals surface area (Å²) in [7, 11) is 1.81. The summed E-state index contributed by atoms with van der Waals surface area (Å²) < 4.78 is 13.3. The molecule has 140 valence electrons. The summed E-state index contributed by atoms with van der Waals surface area (Å²) >= 11 is 0. The minimum absolute atomic E-state index is 0.286. The molecule has 1 heterocycles. The highest BCUT2D eigenvalue weighted by Crippen LogP contribution is 2.32. The molecule has 0 atom stereocenters. The van der Waals surface area contributed by atoms with Gasteiger partial charge in [-0.1, -0.05) is 55.8 Å². The van der Waals surface area contributed by atoms with Crippen LogP contribution < -0.4 is 0 Å². The molecule has 1 aliphatic rings. The molecule has 0 spiro atoms. The van der Waals surface area contributed by atoms with E-state index in [-0.39, 0.29) is 17.6 Å². The van der Waals surface area contributed by atoms with Crippen LogP contribution in [-0.4, -0.2) is 35.2 Å². The van der Waals surface area contributed by atoms with Crippen molar-refractivity contribution in [3.8, 4) is 0 Å². The largest absolute Gasteiger partial charge is 0.365 e. The van der Waals surface area contributed by atoms with Crippen molar-refractivity contribution in [2.24, 2.45) is 0 Å². The molecule has 2 amide bonds. The van der Waals surface area contributed by atoms with Gasteiger partial charge in [0.05, 0.1) is 5.57 Å². The maximum absolute atomic E-state index is 13.3. The number of carbonyl (C=O) groups is 2. The van der Waals surface area contributed by atoms with Gasteiger partial charge in [0.15, 0.2) is 0 Å². The van der Waals surface area contributed by atoms with Gasteiger partial charge in [-0.2, -0.15) is 0 Å². The van der Waals surface area contributed by atoms with Gasteiger partial charge in [0.25, 0.3) is 11.8 Å². The number of hydrogen-bond donors (Lipinski definition) is 0. The summed E-state index contributed by atoms with van der Waals surface area (Å²) in [6.07, 6.45) is 1.64. The highest BCUT2D eigenvalue weighted by molar-refractivity contribution is 6.35. The Balaban J connectivity index is 2.00. The molecule has 3 rings (SSSR count). The number of unbranched alkanes of at least 4 members (excludes halogenated alkanes) is 1. The second kappa shape index (κ2) is 8.16. The minimum atomic E-state index is -0.377. The third-order valence-corrected chi connectivity index (χ3v) is 4.66. The lowest BCUT2D eigenvalue weighted by atomic mass is 10.0. The average Bonchev–Trinajstić information content (AvgIpc) is 2.92. The molecule has 0 fully saturated rings. The van der Waals surface area contributed by atoms with E-state index in [9.17, 15) is 14.0 Å². The van der Waals surface area contributed by atoms with E-state index in [1.54, 1.807) is 24.1 Å². The van der Waals surface area contributed by atoms with Gasteiger partial charge >= 0.3 is 0 Å². The predicted molar refractivity (Wildman–Crippen MR) is 103 cm³/mol. The van der Waals surface area contributed by atoms with Crippen LogP contribution in [0.2, 0.25) is 0 Å². The Kier molecular flexibility index (Phi) is 5.69. The lowest BCUT2D eigenvalue weighted by Crippen LogP contribution is -2.34. The molecule has 0 aromatic heterocycles. The molecule has 27 heavy (non-hydrogen) atoms. The zero-order valence-corrected chi connectivity index (χ0v) is 15.6. The zero-order valence-electron chi connectivity index (χ0n) is 15.6. The van der Waals surface area contributed by atoms with E-state index in [2.05, 4.69) is 0 Å². The number of nitrogens with zero attached hydrogens (tertiary/aromatic N) is 2. The van der Waals surface area contributed by atoms with Crippen molar-refractivity contribution in [1.29, 1.82) is 0 Å². The summed E-state index contributed by atoms with van der Waals surface area (Å²) in [6.45, 7) is 2.91. The van der Waals surface area contributed by atoms with Crippen molar-refractivity contribution in [3.05, 3.63) is 77.2 Å². The van der Waals surface area contributed by atoms with Crippen LogP contribution in [0.4, 0.5) is 4.39 Å². The number of carbonyl (C=O) groups excluding carboxylic acids is 2. The van der Waals surface area contributed by atoms with Gasteiger partial charge in [-0.15, -0.1) is 0 Å². The van der Waals surface area contributed by atoms with Crippen LogP contribution in [0.1, 0.15) is 30.9 Å². The molecular weight excluding hydrogens is 343 g/mol. The molecule has 0 unspecified atom stereocenters. The summed E-state index contributed by atoms with van der Waals surface area (Å²) in [4.78, 5) is 29.1. The SMILES string of the molecule is CCCCN1C(=O)C(c2ccc(F)cc2)=C(N(C)Cc2ccccc2)C1=O. The van der Waals surface area contributed by atoms with Crippen LogP contribution in [-0.2, 0) is 16.1 Å². The molecule has 5 heteroatoms. The van der Waals surface area contributed by atoms with Crippen molar-refractivity contribution in [2.45, 2.75) is 26.3 Å². The molecule has 1 aliphatic heterocycles. The Labute approximate surface area is 158 Å². The van der Waals surface area contributed by atoms with Gasteiger partial charge in [-0.25, -0.2) is 4.39 Å². The third kappa shape index (κ3) is 3.92. The molecule has 0 saturated carbocycles. The molecule has 0 bridgehead atoms. The normalized spacial score (nSPS) is 14.3. The van der Waals surface area contributed by atoms with Crippen LogP contribution in [0.25, 0.3) is 5.57 Å². The van der Waals surface area contributed by atoms with E-state index in [1.807, 2.05) is 37.3 Å². The number of halogens is 1. The molecule has 4 nitrogen and oxygen atoms in total. The van der Waals surface area contributed by atoms with Gasteiger partial charge in [0.2, 0.25) is 0 Å². The maximum atomic E-state index is 13.3. The van der Waals surface area contributed by atoms with E-state index < -0.39 is 0 Å². The fraction of sp³-hybridized carbons (Fsp3) is 0.273. The summed E-state index contributed by atoms with van der Waals surface area (Å²) in [5.74, 6) is -0.973. The molecule has 0 radical (unpaired) electrons. The number of hydrogen-bond acceptors (Lipinski definition) is 3. The molecule has 2 aromatic carbocycles. The summed E-state index contributed by atoms with van der Waals surface area (Å²) in [5.41, 5.74) is 2.31. The van der Waals surface area contributed by atoms with Crippen LogP contribution in [0.5, 0.6) is 0 Å². The van der Waals surface area contributed by atoms with Gasteiger partial charge in [0.1, 0.15) is 11.5 Å². The molecular formula is C22H23FN2O2. The average molecular weight is 366 g/mol. The van der Waals surface area contributed by atoms with Crippen LogP contribution in [0.15, 0.2) is 60.3 Å². The van der Waals surface area contributed by atoms with E-state index in [0.29, 0.717) is 29.9 Å². The molecule has 0 saturated heterocycles. The van der Waals surface area contributed by atoms with Crippen LogP contribution in [0.3, 0.4) is 0 Å². The van der Waals surface area contributed by atoms with Crippen molar-refractivity contribution >= 4 is 17.4 Å². The molecule has 0 aliphatic carbocycles.